The summed E-state index contributed by atoms with van der Waals surface area (Å²) >= 11 is 0. The van der Waals surface area contributed by atoms with Gasteiger partial charge in [0, 0.05) is 38.2 Å². The molecule has 0 bridgehead atoms. The molecule has 5 heteroatoms. The lowest BCUT2D eigenvalue weighted by Gasteiger charge is -2.13. The van der Waals surface area contributed by atoms with E-state index in [2.05, 4.69) is 146 Å². The Kier molecular flexibility index (Phi) is 7.74. The Morgan fingerprint density at radius 1 is 0.298 bits per heavy atom. The van der Waals surface area contributed by atoms with Gasteiger partial charge < -0.3 is 4.42 Å². The molecule has 11 rings (SSSR count). The van der Waals surface area contributed by atoms with Gasteiger partial charge in [0.1, 0.15) is 11.2 Å². The van der Waals surface area contributed by atoms with Crippen LogP contribution < -0.4 is 0 Å². The first-order chi connectivity index (χ1) is 28.2. The molecule has 0 aliphatic carbocycles. The van der Waals surface area contributed by atoms with E-state index in [9.17, 15) is 0 Å². The van der Waals surface area contributed by atoms with Crippen molar-refractivity contribution in [2.24, 2.45) is 0 Å². The van der Waals surface area contributed by atoms with E-state index in [1.807, 2.05) is 48.5 Å². The molecule has 0 aliphatic rings. The zero-order valence-electron chi connectivity index (χ0n) is 30.7. The highest BCUT2D eigenvalue weighted by atomic mass is 16.3. The summed E-state index contributed by atoms with van der Waals surface area (Å²) < 4.78 is 6.81. The van der Waals surface area contributed by atoms with E-state index in [-0.39, 0.29) is 0 Å². The third-order valence-electron chi connectivity index (χ3n) is 10.7. The van der Waals surface area contributed by atoms with Crippen molar-refractivity contribution >= 4 is 43.6 Å². The van der Waals surface area contributed by atoms with Crippen molar-refractivity contribution in [1.82, 2.24) is 19.9 Å². The molecular formula is C52H32N4O. The number of hydrogen-bond acceptors (Lipinski definition) is 5. The van der Waals surface area contributed by atoms with Crippen LogP contribution in [0.3, 0.4) is 0 Å². The molecule has 266 valence electrons. The van der Waals surface area contributed by atoms with Gasteiger partial charge in [0.25, 0.3) is 0 Å². The van der Waals surface area contributed by atoms with Gasteiger partial charge in [-0.2, -0.15) is 0 Å². The molecule has 0 aliphatic heterocycles. The molecule has 0 amide bonds. The molecule has 0 atom stereocenters. The summed E-state index contributed by atoms with van der Waals surface area (Å²) in [6, 6.07) is 66.9. The molecule has 57 heavy (non-hydrogen) atoms. The largest absolute Gasteiger partial charge is 0.455 e. The van der Waals surface area contributed by atoms with Crippen molar-refractivity contribution in [3.8, 4) is 67.7 Å². The monoisotopic (exact) mass is 728 g/mol. The van der Waals surface area contributed by atoms with Gasteiger partial charge in [-0.3, -0.25) is 0 Å². The summed E-state index contributed by atoms with van der Waals surface area (Å²) in [5, 5.41) is 5.31. The average Bonchev–Trinajstić information content (AvgIpc) is 3.67. The van der Waals surface area contributed by atoms with Crippen LogP contribution in [0.5, 0.6) is 0 Å². The molecule has 0 spiro atoms. The van der Waals surface area contributed by atoms with Crippen LogP contribution in [-0.4, -0.2) is 19.9 Å². The quantitative estimate of drug-likeness (QED) is 0.160. The van der Waals surface area contributed by atoms with Gasteiger partial charge in [0.15, 0.2) is 17.5 Å². The fourth-order valence-corrected chi connectivity index (χ4v) is 7.90. The van der Waals surface area contributed by atoms with Gasteiger partial charge in [-0.25, -0.2) is 19.9 Å². The highest BCUT2D eigenvalue weighted by Gasteiger charge is 2.22. The third kappa shape index (κ3) is 5.81. The fourth-order valence-electron chi connectivity index (χ4n) is 7.90. The smallest absolute Gasteiger partial charge is 0.167 e. The van der Waals surface area contributed by atoms with E-state index in [4.69, 9.17) is 24.4 Å². The van der Waals surface area contributed by atoms with Crippen LogP contribution in [0.15, 0.2) is 199 Å². The zero-order valence-corrected chi connectivity index (χ0v) is 30.7. The SMILES string of the molecule is c1ccc(-c2ccc(-c3nc(-c4ccccc4)nc(-c4cc(-c5nc6ccccc6c6ccccc56)cc5c4oc4ccc(-c6ccccc6)cc45)n3)cc2)cc1. The van der Waals surface area contributed by atoms with Crippen LogP contribution in [0, 0.1) is 0 Å². The standard InChI is InChI=1S/C52H32N4O/c1-4-14-33(15-5-1)35-24-26-37(27-25-35)51-54-50(36-18-8-3-9-19-36)55-52(56-51)45-32-39(48-42-22-11-10-20-40(42)41-21-12-13-23-46(41)53-48)31-44-43-30-38(34-16-6-2-7-17-34)28-29-47(43)57-49(44)45/h1-32H. The Morgan fingerprint density at radius 2 is 0.789 bits per heavy atom. The van der Waals surface area contributed by atoms with Gasteiger partial charge in [0.2, 0.25) is 0 Å². The van der Waals surface area contributed by atoms with E-state index in [1.165, 1.54) is 0 Å². The molecule has 11 aromatic rings. The highest BCUT2D eigenvalue weighted by molar-refractivity contribution is 6.15. The first-order valence-electron chi connectivity index (χ1n) is 19.0. The number of rotatable bonds is 6. The van der Waals surface area contributed by atoms with Crippen LogP contribution >= 0.6 is 0 Å². The molecule has 3 aromatic heterocycles. The molecule has 0 fully saturated rings. The molecule has 8 aromatic carbocycles. The van der Waals surface area contributed by atoms with E-state index in [0.29, 0.717) is 23.1 Å². The van der Waals surface area contributed by atoms with Crippen molar-refractivity contribution in [1.29, 1.82) is 0 Å². The van der Waals surface area contributed by atoms with Crippen LogP contribution in [-0.2, 0) is 0 Å². The first kappa shape index (κ1) is 32.7. The molecule has 0 unspecified atom stereocenters. The Bertz CT molecular complexity index is 3270. The first-order valence-corrected chi connectivity index (χ1v) is 19.0. The Balaban J connectivity index is 1.19. The predicted octanol–water partition coefficient (Wildman–Crippen LogP) is 13.5. The summed E-state index contributed by atoms with van der Waals surface area (Å²) in [6.07, 6.45) is 0. The molecule has 5 nitrogen and oxygen atoms in total. The van der Waals surface area contributed by atoms with Gasteiger partial charge in [0.05, 0.1) is 16.8 Å². The second kappa shape index (κ2) is 13.5. The number of furan rings is 1. The van der Waals surface area contributed by atoms with E-state index in [1.54, 1.807) is 0 Å². The van der Waals surface area contributed by atoms with Crippen molar-refractivity contribution in [2.45, 2.75) is 0 Å². The topological polar surface area (TPSA) is 64.7 Å². The van der Waals surface area contributed by atoms with E-state index < -0.39 is 0 Å². The Labute approximate surface area is 328 Å². The number of fused-ring (bicyclic) bond motifs is 6. The zero-order chi connectivity index (χ0) is 37.7. The lowest BCUT2D eigenvalue weighted by Crippen LogP contribution is -2.01. The average molecular weight is 729 g/mol. The molecular weight excluding hydrogens is 697 g/mol. The van der Waals surface area contributed by atoms with Crippen LogP contribution in [0.25, 0.3) is 111 Å². The van der Waals surface area contributed by atoms with Crippen molar-refractivity contribution in [2.75, 3.05) is 0 Å². The van der Waals surface area contributed by atoms with Crippen molar-refractivity contribution in [3.05, 3.63) is 194 Å². The maximum atomic E-state index is 6.81. The van der Waals surface area contributed by atoms with E-state index in [0.717, 1.165) is 88.2 Å². The molecule has 0 saturated carbocycles. The Morgan fingerprint density at radius 3 is 1.49 bits per heavy atom. The second-order valence-corrected chi connectivity index (χ2v) is 14.2. The Hall–Kier alpha value is -7.76. The summed E-state index contributed by atoms with van der Waals surface area (Å²) in [7, 11) is 0. The van der Waals surface area contributed by atoms with Gasteiger partial charge in [-0.1, -0.05) is 164 Å². The highest BCUT2D eigenvalue weighted by Crippen LogP contribution is 2.42. The molecule has 0 saturated heterocycles. The number of para-hydroxylation sites is 1. The fraction of sp³-hybridized carbons (Fsp3) is 0. The molecule has 0 radical (unpaired) electrons. The normalized spacial score (nSPS) is 11.5. The molecule has 3 heterocycles. The van der Waals surface area contributed by atoms with Crippen LogP contribution in [0.1, 0.15) is 0 Å². The van der Waals surface area contributed by atoms with Crippen molar-refractivity contribution < 1.29 is 4.42 Å². The minimum Gasteiger partial charge on any atom is -0.455 e. The summed E-state index contributed by atoms with van der Waals surface area (Å²) in [5.41, 5.74) is 11.3. The number of nitrogens with zero attached hydrogens (tertiary/aromatic N) is 4. The van der Waals surface area contributed by atoms with Gasteiger partial charge in [-0.05, 0) is 58.0 Å². The summed E-state index contributed by atoms with van der Waals surface area (Å²) in [6.45, 7) is 0. The van der Waals surface area contributed by atoms with Crippen LogP contribution in [0.2, 0.25) is 0 Å². The maximum Gasteiger partial charge on any atom is 0.167 e. The second-order valence-electron chi connectivity index (χ2n) is 14.2. The minimum atomic E-state index is 0.519. The van der Waals surface area contributed by atoms with Crippen LogP contribution in [0.4, 0.5) is 0 Å². The number of hydrogen-bond donors (Lipinski definition) is 0. The number of aromatic nitrogens is 4. The maximum absolute atomic E-state index is 6.81. The lowest BCUT2D eigenvalue weighted by atomic mass is 9.96. The third-order valence-corrected chi connectivity index (χ3v) is 10.7. The van der Waals surface area contributed by atoms with Gasteiger partial charge in [-0.15, -0.1) is 0 Å². The number of benzene rings is 8. The summed E-state index contributed by atoms with van der Waals surface area (Å²) in [4.78, 5) is 20.8. The molecule has 0 N–H and O–H groups in total. The predicted molar refractivity (Wildman–Crippen MR) is 233 cm³/mol. The van der Waals surface area contributed by atoms with Gasteiger partial charge >= 0.3 is 0 Å². The minimum absolute atomic E-state index is 0.519. The lowest BCUT2D eigenvalue weighted by molar-refractivity contribution is 0.669. The number of pyridine rings is 1. The van der Waals surface area contributed by atoms with E-state index >= 15 is 0 Å². The van der Waals surface area contributed by atoms with Crippen molar-refractivity contribution in [3.63, 3.8) is 0 Å². The summed E-state index contributed by atoms with van der Waals surface area (Å²) in [5.74, 6) is 1.68.